The second-order valence-electron chi connectivity index (χ2n) is 4.44. The lowest BCUT2D eigenvalue weighted by molar-refractivity contribution is 0.102. The Morgan fingerprint density at radius 1 is 1.14 bits per heavy atom. The van der Waals surface area contributed by atoms with Crippen molar-refractivity contribution in [2.24, 2.45) is 0 Å². The molecule has 5 nitrogen and oxygen atoms in total. The van der Waals surface area contributed by atoms with Crippen molar-refractivity contribution in [2.75, 3.05) is 5.32 Å². The van der Waals surface area contributed by atoms with Gasteiger partial charge < -0.3 is 5.32 Å². The van der Waals surface area contributed by atoms with E-state index in [1.807, 2.05) is 6.92 Å². The predicted octanol–water partition coefficient (Wildman–Crippen LogP) is 2.63. The van der Waals surface area contributed by atoms with Crippen molar-refractivity contribution < 1.29 is 22.2 Å². The van der Waals surface area contributed by atoms with E-state index in [0.29, 0.717) is 5.56 Å². The molecular weight excluding hydrogens is 297 g/mol. The van der Waals surface area contributed by atoms with Crippen LogP contribution in [0, 0.1) is 12.7 Å². The maximum atomic E-state index is 13.3. The summed E-state index contributed by atoms with van der Waals surface area (Å²) in [6.07, 6.45) is 0. The number of anilines is 1. The Labute approximate surface area is 121 Å². The third-order valence-corrected chi connectivity index (χ3v) is 3.65. The van der Waals surface area contributed by atoms with Crippen molar-refractivity contribution in [1.29, 1.82) is 0 Å². The lowest BCUT2D eigenvalue weighted by atomic mass is 10.1. The Morgan fingerprint density at radius 3 is 2.33 bits per heavy atom. The highest BCUT2D eigenvalue weighted by Crippen LogP contribution is 2.20. The Balaban J connectivity index is 2.28. The molecule has 0 fully saturated rings. The van der Waals surface area contributed by atoms with Gasteiger partial charge in [0, 0.05) is 11.3 Å². The van der Waals surface area contributed by atoms with Crippen LogP contribution in [0.15, 0.2) is 47.4 Å². The largest absolute Gasteiger partial charge is 0.322 e. The molecule has 0 aromatic heterocycles. The molecule has 7 heteroatoms. The van der Waals surface area contributed by atoms with E-state index in [9.17, 15) is 17.6 Å². The highest BCUT2D eigenvalue weighted by atomic mass is 32.2. The molecule has 0 aliphatic carbocycles. The van der Waals surface area contributed by atoms with E-state index in [1.165, 1.54) is 6.07 Å². The lowest BCUT2D eigenvalue weighted by Gasteiger charge is -2.07. The number of hydrogen-bond donors (Lipinski definition) is 2. The van der Waals surface area contributed by atoms with Gasteiger partial charge in [0.2, 0.25) is 0 Å². The molecule has 0 spiro atoms. The number of carbonyl (C=O) groups excluding carboxylic acids is 1. The molecular formula is C14H12FNO4S. The first-order chi connectivity index (χ1) is 9.77. The summed E-state index contributed by atoms with van der Waals surface area (Å²) >= 11 is 0. The van der Waals surface area contributed by atoms with Crippen molar-refractivity contribution in [2.45, 2.75) is 11.8 Å². The van der Waals surface area contributed by atoms with E-state index in [0.717, 1.165) is 17.7 Å². The molecule has 0 saturated heterocycles. The standard InChI is InChI=1S/C14H12FNO4S/c1-9-2-4-10(5-3-9)14(17)16-11-6-7-12(15)13(8-11)21(18,19)20/h2-8H,1H3,(H,16,17)(H,18,19,20). The molecule has 1 amide bonds. The second-order valence-corrected chi connectivity index (χ2v) is 5.83. The first kappa shape index (κ1) is 15.1. The van der Waals surface area contributed by atoms with Gasteiger partial charge in [-0.15, -0.1) is 0 Å². The number of aryl methyl sites for hydroxylation is 1. The van der Waals surface area contributed by atoms with Gasteiger partial charge in [0.05, 0.1) is 0 Å². The normalized spacial score (nSPS) is 11.2. The summed E-state index contributed by atoms with van der Waals surface area (Å²) in [6, 6.07) is 9.64. The van der Waals surface area contributed by atoms with Crippen LogP contribution >= 0.6 is 0 Å². The molecule has 0 radical (unpaired) electrons. The minimum absolute atomic E-state index is 0.0644. The highest BCUT2D eigenvalue weighted by molar-refractivity contribution is 7.85. The topological polar surface area (TPSA) is 83.5 Å². The van der Waals surface area contributed by atoms with Crippen LogP contribution in [0.25, 0.3) is 0 Å². The SMILES string of the molecule is Cc1ccc(C(=O)Nc2ccc(F)c(S(=O)(=O)O)c2)cc1. The van der Waals surface area contributed by atoms with Crippen molar-refractivity contribution in [3.8, 4) is 0 Å². The number of nitrogens with one attached hydrogen (secondary N) is 1. The van der Waals surface area contributed by atoms with Crippen LogP contribution in [0.4, 0.5) is 10.1 Å². The van der Waals surface area contributed by atoms with Gasteiger partial charge in [0.15, 0.2) is 0 Å². The maximum absolute atomic E-state index is 13.3. The van der Waals surface area contributed by atoms with E-state index in [1.54, 1.807) is 24.3 Å². The molecule has 21 heavy (non-hydrogen) atoms. The fourth-order valence-electron chi connectivity index (χ4n) is 1.69. The van der Waals surface area contributed by atoms with Crippen LogP contribution in [0.5, 0.6) is 0 Å². The average molecular weight is 309 g/mol. The van der Waals surface area contributed by atoms with Crippen molar-refractivity contribution >= 4 is 21.7 Å². The smallest absolute Gasteiger partial charge is 0.297 e. The molecule has 2 aromatic rings. The Hall–Kier alpha value is -2.25. The van der Waals surface area contributed by atoms with Gasteiger partial charge >= 0.3 is 0 Å². The summed E-state index contributed by atoms with van der Waals surface area (Å²) in [6.45, 7) is 1.88. The average Bonchev–Trinajstić information content (AvgIpc) is 2.40. The summed E-state index contributed by atoms with van der Waals surface area (Å²) in [7, 11) is -4.69. The number of halogens is 1. The number of amides is 1. The molecule has 0 saturated carbocycles. The molecule has 110 valence electrons. The fourth-order valence-corrected chi connectivity index (χ4v) is 2.28. The number of hydrogen-bond acceptors (Lipinski definition) is 3. The number of rotatable bonds is 3. The van der Waals surface area contributed by atoms with Gasteiger partial charge in [-0.2, -0.15) is 8.42 Å². The van der Waals surface area contributed by atoms with Gasteiger partial charge in [-0.3, -0.25) is 9.35 Å². The zero-order valence-electron chi connectivity index (χ0n) is 11.0. The molecule has 2 aromatic carbocycles. The second kappa shape index (κ2) is 5.63. The van der Waals surface area contributed by atoms with Crippen LogP contribution in [0.2, 0.25) is 0 Å². The first-order valence-corrected chi connectivity index (χ1v) is 7.36. The summed E-state index contributed by atoms with van der Waals surface area (Å²) in [5, 5.41) is 2.44. The molecule has 0 aliphatic rings. The summed E-state index contributed by atoms with van der Waals surface area (Å²) in [4.78, 5) is 11.1. The van der Waals surface area contributed by atoms with E-state index in [2.05, 4.69) is 5.32 Å². The summed E-state index contributed by atoms with van der Waals surface area (Å²) in [5.41, 5.74) is 1.43. The van der Waals surface area contributed by atoms with Gasteiger partial charge in [0.1, 0.15) is 10.7 Å². The molecule has 2 rings (SSSR count). The van der Waals surface area contributed by atoms with E-state index >= 15 is 0 Å². The number of benzene rings is 2. The minimum atomic E-state index is -4.69. The quantitative estimate of drug-likeness (QED) is 0.854. The first-order valence-electron chi connectivity index (χ1n) is 5.92. The van der Waals surface area contributed by atoms with E-state index in [4.69, 9.17) is 4.55 Å². The third-order valence-electron chi connectivity index (χ3n) is 2.78. The monoisotopic (exact) mass is 309 g/mol. The Kier molecular flexibility index (Phi) is 4.06. The molecule has 0 atom stereocenters. The van der Waals surface area contributed by atoms with Gasteiger partial charge in [-0.25, -0.2) is 4.39 Å². The summed E-state index contributed by atoms with van der Waals surface area (Å²) in [5.74, 6) is -1.56. The van der Waals surface area contributed by atoms with Crippen LogP contribution in [-0.2, 0) is 10.1 Å². The zero-order valence-corrected chi connectivity index (χ0v) is 11.8. The van der Waals surface area contributed by atoms with E-state index < -0.39 is 26.7 Å². The fraction of sp³-hybridized carbons (Fsp3) is 0.0714. The van der Waals surface area contributed by atoms with Crippen LogP contribution in [0.3, 0.4) is 0 Å². The van der Waals surface area contributed by atoms with Gasteiger partial charge in [-0.05, 0) is 37.3 Å². The van der Waals surface area contributed by atoms with Gasteiger partial charge in [0.25, 0.3) is 16.0 Å². The summed E-state index contributed by atoms with van der Waals surface area (Å²) < 4.78 is 44.2. The maximum Gasteiger partial charge on any atom is 0.297 e. The lowest BCUT2D eigenvalue weighted by Crippen LogP contribution is -2.12. The minimum Gasteiger partial charge on any atom is -0.322 e. The van der Waals surface area contributed by atoms with Crippen LogP contribution in [-0.4, -0.2) is 18.9 Å². The Morgan fingerprint density at radius 2 is 1.76 bits per heavy atom. The van der Waals surface area contributed by atoms with Crippen LogP contribution < -0.4 is 5.32 Å². The van der Waals surface area contributed by atoms with Crippen molar-refractivity contribution in [3.05, 3.63) is 59.4 Å². The zero-order chi connectivity index (χ0) is 15.6. The molecule has 2 N–H and O–H groups in total. The van der Waals surface area contributed by atoms with Gasteiger partial charge in [-0.1, -0.05) is 17.7 Å². The molecule has 0 bridgehead atoms. The highest BCUT2D eigenvalue weighted by Gasteiger charge is 2.17. The van der Waals surface area contributed by atoms with Crippen LogP contribution in [0.1, 0.15) is 15.9 Å². The van der Waals surface area contributed by atoms with Crippen molar-refractivity contribution in [3.63, 3.8) is 0 Å². The number of carbonyl (C=O) groups is 1. The molecule has 0 heterocycles. The third kappa shape index (κ3) is 3.65. The van der Waals surface area contributed by atoms with E-state index in [-0.39, 0.29) is 5.69 Å². The van der Waals surface area contributed by atoms with Crippen molar-refractivity contribution in [1.82, 2.24) is 0 Å². The Bertz CT molecular complexity index is 785. The molecule has 0 unspecified atom stereocenters. The predicted molar refractivity (Wildman–Crippen MR) is 75.3 cm³/mol. The molecule has 0 aliphatic heterocycles.